The Morgan fingerprint density at radius 3 is 2.00 bits per heavy atom. The summed E-state index contributed by atoms with van der Waals surface area (Å²) in [4.78, 5) is 0. The third kappa shape index (κ3) is 2.59. The highest BCUT2D eigenvalue weighted by molar-refractivity contribution is 14.1. The Morgan fingerprint density at radius 1 is 0.840 bits per heavy atom. The Hall–Kier alpha value is -0.870. The van der Waals surface area contributed by atoms with Crippen LogP contribution in [0, 0.1) is 8.99 Å². The van der Waals surface area contributed by atoms with Gasteiger partial charge in [0.05, 0.1) is 0 Å². The van der Waals surface area contributed by atoms with Gasteiger partial charge >= 0.3 is 0 Å². The molecule has 0 amide bonds. The van der Waals surface area contributed by atoms with Gasteiger partial charge in [-0.05, 0) is 76.2 Å². The zero-order valence-electron chi connectivity index (χ0n) is 15.0. The van der Waals surface area contributed by atoms with E-state index in [1.165, 1.54) is 41.4 Å². The molecule has 4 rings (SSSR count). The fourth-order valence-electron chi connectivity index (χ4n) is 5.17. The molecule has 0 saturated heterocycles. The lowest BCUT2D eigenvalue weighted by atomic mass is 9.63. The maximum atomic E-state index is 3.74. The van der Waals surface area contributed by atoms with Crippen molar-refractivity contribution in [3.8, 4) is 0 Å². The molecule has 2 atom stereocenters. The van der Waals surface area contributed by atoms with Crippen molar-refractivity contribution in [3.05, 3.63) is 77.8 Å². The molecular formula is C23H22BrI. The first kappa shape index (κ1) is 17.5. The van der Waals surface area contributed by atoms with Crippen LogP contribution in [0.25, 0.3) is 12.2 Å². The molecule has 0 spiro atoms. The largest absolute Gasteiger partial charge is 0.0646 e. The maximum absolute atomic E-state index is 3.74. The van der Waals surface area contributed by atoms with Crippen molar-refractivity contribution in [2.45, 2.75) is 39.5 Å². The van der Waals surface area contributed by atoms with E-state index in [1.54, 1.807) is 0 Å². The van der Waals surface area contributed by atoms with Gasteiger partial charge in [-0.2, -0.15) is 0 Å². The lowest BCUT2D eigenvalue weighted by Gasteiger charge is -2.41. The van der Waals surface area contributed by atoms with Crippen LogP contribution < -0.4 is 0 Å². The standard InChI is InChI=1S/C23H22BrI/c1-13-11-17-15(7-5-9-19(17)24)21(13)23(3,4)22-14(2)12-18-16(22)8-6-10-20(18)25/h5-12,21-22H,1-4H3. The average Bonchev–Trinajstić information content (AvgIpc) is 3.06. The average molecular weight is 505 g/mol. The second-order valence-electron chi connectivity index (χ2n) is 7.95. The van der Waals surface area contributed by atoms with Gasteiger partial charge < -0.3 is 0 Å². The number of hydrogen-bond acceptors (Lipinski definition) is 0. The van der Waals surface area contributed by atoms with Crippen LogP contribution in [0.3, 0.4) is 0 Å². The normalized spacial score (nSPS) is 21.7. The molecule has 0 bridgehead atoms. The Labute approximate surface area is 172 Å². The van der Waals surface area contributed by atoms with E-state index in [1.807, 2.05) is 0 Å². The molecule has 128 valence electrons. The van der Waals surface area contributed by atoms with Crippen LogP contribution in [0.2, 0.25) is 0 Å². The minimum atomic E-state index is 0.114. The minimum absolute atomic E-state index is 0.114. The van der Waals surface area contributed by atoms with Gasteiger partial charge in [0.25, 0.3) is 0 Å². The summed E-state index contributed by atoms with van der Waals surface area (Å²) in [6.07, 6.45) is 4.77. The van der Waals surface area contributed by atoms with Crippen molar-refractivity contribution in [2.24, 2.45) is 5.41 Å². The second kappa shape index (κ2) is 6.09. The molecule has 2 unspecified atom stereocenters. The quantitative estimate of drug-likeness (QED) is 0.366. The summed E-state index contributed by atoms with van der Waals surface area (Å²) in [6.45, 7) is 9.49. The Bertz CT molecular complexity index is 858. The van der Waals surface area contributed by atoms with E-state index in [2.05, 4.69) is 115 Å². The third-order valence-electron chi connectivity index (χ3n) is 5.94. The molecule has 0 aliphatic heterocycles. The Morgan fingerprint density at radius 2 is 1.36 bits per heavy atom. The van der Waals surface area contributed by atoms with Crippen LogP contribution in [0.15, 0.2) is 52.0 Å². The fourth-order valence-corrected chi connectivity index (χ4v) is 6.34. The Balaban J connectivity index is 1.86. The van der Waals surface area contributed by atoms with Gasteiger partial charge in [-0.25, -0.2) is 0 Å². The molecule has 2 aliphatic rings. The van der Waals surface area contributed by atoms with Crippen LogP contribution in [0.5, 0.6) is 0 Å². The van der Waals surface area contributed by atoms with Crippen LogP contribution >= 0.6 is 38.5 Å². The number of fused-ring (bicyclic) bond motifs is 2. The lowest BCUT2D eigenvalue weighted by molar-refractivity contribution is 0.275. The summed E-state index contributed by atoms with van der Waals surface area (Å²) in [5, 5.41) is 0. The van der Waals surface area contributed by atoms with Gasteiger partial charge in [0.2, 0.25) is 0 Å². The van der Waals surface area contributed by atoms with E-state index in [0.29, 0.717) is 11.8 Å². The van der Waals surface area contributed by atoms with E-state index in [0.717, 1.165) is 0 Å². The first-order valence-corrected chi connectivity index (χ1v) is 10.6. The van der Waals surface area contributed by atoms with Crippen molar-refractivity contribution in [3.63, 3.8) is 0 Å². The minimum Gasteiger partial charge on any atom is -0.0646 e. The topological polar surface area (TPSA) is 0 Å². The van der Waals surface area contributed by atoms with Gasteiger partial charge in [0.1, 0.15) is 0 Å². The summed E-state index contributed by atoms with van der Waals surface area (Å²) in [7, 11) is 0. The molecule has 0 radical (unpaired) electrons. The predicted molar refractivity (Wildman–Crippen MR) is 120 cm³/mol. The Kier molecular flexibility index (Phi) is 4.27. The monoisotopic (exact) mass is 504 g/mol. The van der Waals surface area contributed by atoms with Crippen molar-refractivity contribution >= 4 is 50.7 Å². The third-order valence-corrected chi connectivity index (χ3v) is 7.57. The maximum Gasteiger partial charge on any atom is 0.0250 e. The van der Waals surface area contributed by atoms with E-state index in [4.69, 9.17) is 0 Å². The van der Waals surface area contributed by atoms with Crippen molar-refractivity contribution in [2.75, 3.05) is 0 Å². The molecule has 0 aromatic heterocycles. The molecule has 2 aliphatic carbocycles. The van der Waals surface area contributed by atoms with E-state index >= 15 is 0 Å². The SMILES string of the molecule is CC1=Cc2c(Br)cccc2C1C(C)(C)C1C(C)=Cc2c(I)cccc21. The summed E-state index contributed by atoms with van der Waals surface area (Å²) in [5.41, 5.74) is 8.81. The van der Waals surface area contributed by atoms with Gasteiger partial charge in [-0.1, -0.05) is 77.3 Å². The number of halogens is 2. The number of hydrogen-bond donors (Lipinski definition) is 0. The van der Waals surface area contributed by atoms with E-state index in [9.17, 15) is 0 Å². The molecule has 2 aromatic carbocycles. The summed E-state index contributed by atoms with van der Waals surface area (Å²) < 4.78 is 2.56. The summed E-state index contributed by atoms with van der Waals surface area (Å²) in [5.74, 6) is 0.896. The molecule has 25 heavy (non-hydrogen) atoms. The molecule has 0 nitrogen and oxygen atoms in total. The molecule has 2 heteroatoms. The second-order valence-corrected chi connectivity index (χ2v) is 9.97. The molecular weight excluding hydrogens is 483 g/mol. The lowest BCUT2D eigenvalue weighted by Crippen LogP contribution is -2.29. The summed E-state index contributed by atoms with van der Waals surface area (Å²) in [6, 6.07) is 13.4. The predicted octanol–water partition coefficient (Wildman–Crippen LogP) is 7.78. The van der Waals surface area contributed by atoms with E-state index in [-0.39, 0.29) is 5.41 Å². The first-order valence-electron chi connectivity index (χ1n) is 8.75. The molecule has 0 fully saturated rings. The molecule has 2 aromatic rings. The highest BCUT2D eigenvalue weighted by Crippen LogP contribution is 2.58. The smallest absolute Gasteiger partial charge is 0.0250 e. The van der Waals surface area contributed by atoms with Gasteiger partial charge in [-0.3, -0.25) is 0 Å². The van der Waals surface area contributed by atoms with Crippen LogP contribution in [-0.4, -0.2) is 0 Å². The zero-order chi connectivity index (χ0) is 17.9. The highest BCUT2D eigenvalue weighted by atomic mass is 127. The highest BCUT2D eigenvalue weighted by Gasteiger charge is 2.45. The number of benzene rings is 2. The van der Waals surface area contributed by atoms with Gasteiger partial charge in [-0.15, -0.1) is 0 Å². The molecule has 0 saturated carbocycles. The van der Waals surface area contributed by atoms with Crippen molar-refractivity contribution in [1.29, 1.82) is 0 Å². The molecule has 0 heterocycles. The first-order chi connectivity index (χ1) is 11.8. The molecule has 0 N–H and O–H groups in total. The van der Waals surface area contributed by atoms with Gasteiger partial charge in [0.15, 0.2) is 0 Å². The summed E-state index contributed by atoms with van der Waals surface area (Å²) >= 11 is 6.21. The van der Waals surface area contributed by atoms with E-state index < -0.39 is 0 Å². The fraction of sp³-hybridized carbons (Fsp3) is 0.304. The van der Waals surface area contributed by atoms with Crippen molar-refractivity contribution in [1.82, 2.24) is 0 Å². The van der Waals surface area contributed by atoms with Crippen LogP contribution in [0.4, 0.5) is 0 Å². The van der Waals surface area contributed by atoms with Crippen LogP contribution in [-0.2, 0) is 0 Å². The number of rotatable bonds is 2. The zero-order valence-corrected chi connectivity index (χ0v) is 18.8. The van der Waals surface area contributed by atoms with Crippen LogP contribution in [0.1, 0.15) is 61.8 Å². The number of allylic oxidation sites excluding steroid dienone is 2. The van der Waals surface area contributed by atoms with Crippen molar-refractivity contribution < 1.29 is 0 Å². The van der Waals surface area contributed by atoms with Gasteiger partial charge in [0, 0.05) is 19.9 Å².